The molecule has 4 aromatic rings. The van der Waals surface area contributed by atoms with Gasteiger partial charge < -0.3 is 14.8 Å². The van der Waals surface area contributed by atoms with Gasteiger partial charge >= 0.3 is 5.97 Å². The first-order chi connectivity index (χ1) is 20.5. The van der Waals surface area contributed by atoms with Crippen LogP contribution < -0.4 is 10.1 Å². The third kappa shape index (κ3) is 7.25. The second-order valence-electron chi connectivity index (χ2n) is 11.9. The Morgan fingerprint density at radius 3 is 2.40 bits per heavy atom. The van der Waals surface area contributed by atoms with Crippen molar-refractivity contribution >= 4 is 35.3 Å². The number of halogens is 1. The van der Waals surface area contributed by atoms with E-state index < -0.39 is 12.0 Å². The van der Waals surface area contributed by atoms with E-state index in [1.54, 1.807) is 4.68 Å². The van der Waals surface area contributed by atoms with Crippen LogP contribution in [0.3, 0.4) is 0 Å². The number of nitrogens with zero attached hydrogens (tertiary/aromatic N) is 3. The average molecular weight is 617 g/mol. The highest BCUT2D eigenvalue weighted by atomic mass is 35.5. The first-order valence-electron chi connectivity index (χ1n) is 14.3. The highest BCUT2D eigenvalue weighted by Crippen LogP contribution is 2.38. The van der Waals surface area contributed by atoms with Crippen LogP contribution in [0.5, 0.6) is 5.75 Å². The molecule has 9 heteroatoms. The molecule has 0 aliphatic carbocycles. The maximum absolute atomic E-state index is 13.4. The van der Waals surface area contributed by atoms with Crippen LogP contribution in [0.15, 0.2) is 89.2 Å². The molecular weight excluding hydrogens is 580 g/mol. The molecule has 1 N–H and O–H groups in total. The second-order valence-corrected chi connectivity index (χ2v) is 13.2. The number of ether oxygens (including phenoxy) is 2. The number of fused-ring (bicyclic) bond motifs is 1. The Bertz CT molecular complexity index is 1620. The number of esters is 1. The van der Waals surface area contributed by atoms with E-state index in [0.717, 1.165) is 22.4 Å². The lowest BCUT2D eigenvalue weighted by Crippen LogP contribution is -2.30. The molecule has 1 aliphatic heterocycles. The Morgan fingerprint density at radius 1 is 1.05 bits per heavy atom. The molecule has 0 saturated heterocycles. The minimum absolute atomic E-state index is 0.107. The van der Waals surface area contributed by atoms with Crippen molar-refractivity contribution < 1.29 is 14.3 Å². The molecule has 0 fully saturated rings. The van der Waals surface area contributed by atoms with Crippen molar-refractivity contribution in [1.82, 2.24) is 14.8 Å². The van der Waals surface area contributed by atoms with Crippen LogP contribution in [-0.4, -0.2) is 26.8 Å². The quantitative estimate of drug-likeness (QED) is 0.150. The van der Waals surface area contributed by atoms with Gasteiger partial charge in [-0.3, -0.25) is 0 Å². The van der Waals surface area contributed by atoms with Gasteiger partial charge in [0.2, 0.25) is 11.1 Å². The molecule has 2 heterocycles. The van der Waals surface area contributed by atoms with Crippen molar-refractivity contribution in [3.63, 3.8) is 0 Å². The zero-order valence-electron chi connectivity index (χ0n) is 25.3. The third-order valence-electron chi connectivity index (χ3n) is 7.13. The van der Waals surface area contributed by atoms with E-state index in [0.29, 0.717) is 39.8 Å². The predicted molar refractivity (Wildman–Crippen MR) is 173 cm³/mol. The molecule has 1 atom stereocenters. The summed E-state index contributed by atoms with van der Waals surface area (Å²) >= 11 is 7.85. The van der Waals surface area contributed by atoms with Crippen LogP contribution >= 0.6 is 23.4 Å². The fourth-order valence-corrected chi connectivity index (χ4v) is 5.93. The van der Waals surface area contributed by atoms with Gasteiger partial charge in [-0.25, -0.2) is 9.48 Å². The van der Waals surface area contributed by atoms with Gasteiger partial charge in [-0.1, -0.05) is 98.7 Å². The number of benzene rings is 3. The Morgan fingerprint density at radius 2 is 1.74 bits per heavy atom. The van der Waals surface area contributed by atoms with E-state index in [2.05, 4.69) is 50.4 Å². The molecule has 0 bridgehead atoms. The average Bonchev–Trinajstić information content (AvgIpc) is 3.37. The Labute approximate surface area is 262 Å². The fraction of sp³-hybridized carbons (Fsp3) is 0.324. The van der Waals surface area contributed by atoms with Crippen LogP contribution in [0.25, 0.3) is 0 Å². The standard InChI is InChI=1S/C34H37ClN4O3S/c1-21(2)42-31(40)29-22(3)36-32-37-33(43-20-25-9-7-8-10-28(25)35)38-39(32)30(29)24-13-17-27(18-14-24)41-19-23-11-15-26(16-12-23)34(4,5)6/h7-18,21,30H,19-20H2,1-6H3,(H,36,37,38). The zero-order chi connectivity index (χ0) is 30.7. The maximum atomic E-state index is 13.4. The highest BCUT2D eigenvalue weighted by molar-refractivity contribution is 7.98. The monoisotopic (exact) mass is 616 g/mol. The van der Waals surface area contributed by atoms with Gasteiger partial charge in [0.05, 0.1) is 11.7 Å². The first-order valence-corrected chi connectivity index (χ1v) is 15.7. The van der Waals surface area contributed by atoms with Crippen molar-refractivity contribution in [3.05, 3.63) is 111 Å². The number of thioether (sulfide) groups is 1. The molecule has 3 aromatic carbocycles. The predicted octanol–water partition coefficient (Wildman–Crippen LogP) is 8.34. The Kier molecular flexibility index (Phi) is 9.18. The molecule has 7 nitrogen and oxygen atoms in total. The number of carbonyl (C=O) groups excluding carboxylic acids is 1. The first kappa shape index (κ1) is 30.7. The number of anilines is 1. The Balaban J connectivity index is 1.38. The summed E-state index contributed by atoms with van der Waals surface area (Å²) in [5.74, 6) is 1.52. The number of hydrogen-bond donors (Lipinski definition) is 1. The number of nitrogens with one attached hydrogen (secondary N) is 1. The highest BCUT2D eigenvalue weighted by Gasteiger charge is 2.35. The molecule has 43 heavy (non-hydrogen) atoms. The summed E-state index contributed by atoms with van der Waals surface area (Å²) in [4.78, 5) is 18.1. The van der Waals surface area contributed by atoms with Gasteiger partial charge in [-0.15, -0.1) is 5.10 Å². The molecule has 0 saturated carbocycles. The van der Waals surface area contributed by atoms with E-state index in [9.17, 15) is 4.79 Å². The van der Waals surface area contributed by atoms with E-state index in [-0.39, 0.29) is 11.5 Å². The maximum Gasteiger partial charge on any atom is 0.338 e. The number of aromatic nitrogens is 3. The normalized spacial score (nSPS) is 14.8. The Hall–Kier alpha value is -3.75. The van der Waals surface area contributed by atoms with Crippen molar-refractivity contribution in [2.24, 2.45) is 0 Å². The van der Waals surface area contributed by atoms with E-state index in [1.807, 2.05) is 69.3 Å². The van der Waals surface area contributed by atoms with Gasteiger partial charge in [-0.05, 0) is 66.6 Å². The molecule has 0 radical (unpaired) electrons. The molecule has 0 amide bonds. The van der Waals surface area contributed by atoms with Gasteiger partial charge in [0.15, 0.2) is 0 Å². The summed E-state index contributed by atoms with van der Waals surface area (Å²) in [5.41, 5.74) is 5.53. The molecular formula is C34H37ClN4O3S. The smallest absolute Gasteiger partial charge is 0.338 e. The number of hydrogen-bond acceptors (Lipinski definition) is 7. The van der Waals surface area contributed by atoms with Crippen LogP contribution in [0, 0.1) is 0 Å². The van der Waals surface area contributed by atoms with Crippen LogP contribution in [0.1, 0.15) is 69.8 Å². The SMILES string of the molecule is CC1=C(C(=O)OC(C)C)C(c2ccc(OCc3ccc(C(C)(C)C)cc3)cc2)n2nc(SCc3ccccc3Cl)nc2N1. The summed E-state index contributed by atoms with van der Waals surface area (Å²) < 4.78 is 13.5. The molecule has 1 aromatic heterocycles. The van der Waals surface area contributed by atoms with Gasteiger partial charge in [0, 0.05) is 16.5 Å². The summed E-state index contributed by atoms with van der Waals surface area (Å²) in [6, 6.07) is 23.5. The summed E-state index contributed by atoms with van der Waals surface area (Å²) in [5, 5.41) is 9.36. The second kappa shape index (κ2) is 12.9. The van der Waals surface area contributed by atoms with Crippen molar-refractivity contribution in [1.29, 1.82) is 0 Å². The number of carbonyl (C=O) groups is 1. The molecule has 224 valence electrons. The van der Waals surface area contributed by atoms with Crippen LogP contribution in [0.4, 0.5) is 5.95 Å². The van der Waals surface area contributed by atoms with Crippen LogP contribution in [-0.2, 0) is 27.3 Å². The summed E-state index contributed by atoms with van der Waals surface area (Å²) in [6.45, 7) is 12.6. The van der Waals surface area contributed by atoms with Crippen molar-refractivity contribution in [2.75, 3.05) is 5.32 Å². The lowest BCUT2D eigenvalue weighted by atomic mass is 9.87. The topological polar surface area (TPSA) is 78.3 Å². The lowest BCUT2D eigenvalue weighted by molar-refractivity contribution is -0.143. The molecule has 1 aliphatic rings. The number of allylic oxidation sites excluding steroid dienone is 1. The van der Waals surface area contributed by atoms with E-state index in [1.165, 1.54) is 17.3 Å². The van der Waals surface area contributed by atoms with Crippen molar-refractivity contribution in [2.45, 2.75) is 76.6 Å². The van der Waals surface area contributed by atoms with Gasteiger partial charge in [0.25, 0.3) is 0 Å². The fourth-order valence-electron chi connectivity index (χ4n) is 4.81. The zero-order valence-corrected chi connectivity index (χ0v) is 26.9. The lowest BCUT2D eigenvalue weighted by Gasteiger charge is -2.28. The largest absolute Gasteiger partial charge is 0.489 e. The van der Waals surface area contributed by atoms with Crippen molar-refractivity contribution in [3.8, 4) is 5.75 Å². The van der Waals surface area contributed by atoms with E-state index >= 15 is 0 Å². The van der Waals surface area contributed by atoms with Gasteiger partial charge in [-0.2, -0.15) is 4.98 Å². The minimum atomic E-state index is -0.524. The van der Waals surface area contributed by atoms with Crippen LogP contribution in [0.2, 0.25) is 5.02 Å². The minimum Gasteiger partial charge on any atom is -0.489 e. The van der Waals surface area contributed by atoms with Gasteiger partial charge in [0.1, 0.15) is 18.4 Å². The number of rotatable bonds is 9. The molecule has 0 spiro atoms. The third-order valence-corrected chi connectivity index (χ3v) is 8.39. The summed E-state index contributed by atoms with van der Waals surface area (Å²) in [6.07, 6.45) is -0.263. The van der Waals surface area contributed by atoms with E-state index in [4.69, 9.17) is 31.2 Å². The summed E-state index contributed by atoms with van der Waals surface area (Å²) in [7, 11) is 0. The molecule has 5 rings (SSSR count). The molecule has 1 unspecified atom stereocenters.